The molecule has 102 valence electrons. The van der Waals surface area contributed by atoms with Gasteiger partial charge >= 0.3 is 12.0 Å². The Morgan fingerprint density at radius 2 is 1.89 bits per heavy atom. The van der Waals surface area contributed by atoms with Crippen molar-refractivity contribution in [2.24, 2.45) is 7.05 Å². The second kappa shape index (κ2) is 5.80. The summed E-state index contributed by atoms with van der Waals surface area (Å²) in [6, 6.07) is 0.793. The van der Waals surface area contributed by atoms with Crippen molar-refractivity contribution >= 4 is 23.7 Å². The van der Waals surface area contributed by atoms with E-state index in [1.165, 1.54) is 24.7 Å². The van der Waals surface area contributed by atoms with E-state index >= 15 is 0 Å². The molecule has 0 aliphatic heterocycles. The van der Waals surface area contributed by atoms with Crippen LogP contribution in [-0.2, 0) is 16.6 Å². The van der Waals surface area contributed by atoms with Gasteiger partial charge in [0.2, 0.25) is 0 Å². The van der Waals surface area contributed by atoms with Crippen LogP contribution in [0.1, 0.15) is 13.8 Å². The number of carboxylic acids is 1. The van der Waals surface area contributed by atoms with E-state index in [4.69, 9.17) is 5.11 Å². The molecule has 0 bridgehead atoms. The highest BCUT2D eigenvalue weighted by Gasteiger charge is 2.15. The molecule has 3 amide bonds. The van der Waals surface area contributed by atoms with Gasteiger partial charge in [0, 0.05) is 24.3 Å². The topological polar surface area (TPSA) is 113 Å². The minimum atomic E-state index is -1.21. The molecule has 1 rings (SSSR count). The first kappa shape index (κ1) is 14.4. The predicted molar refractivity (Wildman–Crippen MR) is 66.4 cm³/mol. The van der Waals surface area contributed by atoms with Crippen LogP contribution in [0.25, 0.3) is 0 Å². The average molecular weight is 266 g/mol. The summed E-state index contributed by atoms with van der Waals surface area (Å²) in [5.74, 6) is -1.57. The molecule has 8 heteroatoms. The quantitative estimate of drug-likeness (QED) is 0.689. The van der Waals surface area contributed by atoms with Gasteiger partial charge in [-0.15, -0.1) is 0 Å². The Balaban J connectivity index is 2.68. The number of urea groups is 1. The average Bonchev–Trinajstić information content (AvgIpc) is 2.72. The monoisotopic (exact) mass is 266 g/mol. The lowest BCUT2D eigenvalue weighted by Gasteiger charge is -2.07. The van der Waals surface area contributed by atoms with Crippen LogP contribution in [-0.4, -0.2) is 32.8 Å². The van der Waals surface area contributed by atoms with Crippen molar-refractivity contribution < 1.29 is 19.5 Å². The number of hydrogen-bond acceptors (Lipinski definition) is 4. The SMILES string of the molecule is CC(C(=O)O)=C(C)C(=O)NC(=O)Nc1ccnn1C. The lowest BCUT2D eigenvalue weighted by molar-refractivity contribution is -0.133. The van der Waals surface area contributed by atoms with Gasteiger partial charge in [-0.05, 0) is 13.8 Å². The van der Waals surface area contributed by atoms with Gasteiger partial charge in [-0.25, -0.2) is 9.59 Å². The summed E-state index contributed by atoms with van der Waals surface area (Å²) in [6.45, 7) is 2.62. The van der Waals surface area contributed by atoms with Crippen molar-refractivity contribution in [3.63, 3.8) is 0 Å². The zero-order valence-electron chi connectivity index (χ0n) is 10.7. The molecule has 0 aromatic carbocycles. The van der Waals surface area contributed by atoms with Gasteiger partial charge in [0.15, 0.2) is 0 Å². The fraction of sp³-hybridized carbons (Fsp3) is 0.273. The molecule has 0 fully saturated rings. The maximum absolute atomic E-state index is 11.6. The fourth-order valence-electron chi connectivity index (χ4n) is 1.17. The minimum Gasteiger partial charge on any atom is -0.478 e. The predicted octanol–water partition coefficient (Wildman–Crippen LogP) is 0.489. The van der Waals surface area contributed by atoms with E-state index < -0.39 is 17.9 Å². The van der Waals surface area contributed by atoms with E-state index in [-0.39, 0.29) is 11.1 Å². The highest BCUT2D eigenvalue weighted by atomic mass is 16.4. The summed E-state index contributed by atoms with van der Waals surface area (Å²) in [5, 5.41) is 17.0. The normalized spacial score (nSPS) is 11.5. The van der Waals surface area contributed by atoms with Crippen LogP contribution in [0.5, 0.6) is 0 Å². The second-order valence-electron chi connectivity index (χ2n) is 3.80. The fourth-order valence-corrected chi connectivity index (χ4v) is 1.17. The molecule has 0 spiro atoms. The van der Waals surface area contributed by atoms with Gasteiger partial charge in [-0.3, -0.25) is 20.1 Å². The van der Waals surface area contributed by atoms with Crippen LogP contribution in [0.3, 0.4) is 0 Å². The highest BCUT2D eigenvalue weighted by Crippen LogP contribution is 2.05. The summed E-state index contributed by atoms with van der Waals surface area (Å²) in [4.78, 5) is 33.8. The Morgan fingerprint density at radius 1 is 1.26 bits per heavy atom. The first-order chi connectivity index (χ1) is 8.82. The molecule has 8 nitrogen and oxygen atoms in total. The number of hydrogen-bond donors (Lipinski definition) is 3. The molecule has 0 unspecified atom stereocenters. The second-order valence-corrected chi connectivity index (χ2v) is 3.80. The molecule has 0 radical (unpaired) electrons. The zero-order chi connectivity index (χ0) is 14.6. The Morgan fingerprint density at radius 3 is 2.37 bits per heavy atom. The van der Waals surface area contributed by atoms with Gasteiger partial charge < -0.3 is 5.11 Å². The van der Waals surface area contributed by atoms with Crippen LogP contribution in [0.15, 0.2) is 23.4 Å². The van der Waals surface area contributed by atoms with Gasteiger partial charge in [0.05, 0.1) is 6.20 Å². The molecular formula is C11H14N4O4. The highest BCUT2D eigenvalue weighted by molar-refractivity contribution is 6.10. The van der Waals surface area contributed by atoms with Crippen molar-refractivity contribution in [2.75, 3.05) is 5.32 Å². The number of aromatic nitrogens is 2. The molecule has 3 N–H and O–H groups in total. The van der Waals surface area contributed by atoms with E-state index in [1.807, 2.05) is 5.32 Å². The molecule has 0 aliphatic rings. The van der Waals surface area contributed by atoms with Crippen molar-refractivity contribution in [1.29, 1.82) is 0 Å². The van der Waals surface area contributed by atoms with Crippen molar-refractivity contribution in [3.8, 4) is 0 Å². The number of carbonyl (C=O) groups is 3. The Bertz CT molecular complexity index is 559. The van der Waals surface area contributed by atoms with Crippen LogP contribution >= 0.6 is 0 Å². The lowest BCUT2D eigenvalue weighted by atomic mass is 10.1. The zero-order valence-corrected chi connectivity index (χ0v) is 10.7. The number of nitrogens with zero attached hydrogens (tertiary/aromatic N) is 2. The van der Waals surface area contributed by atoms with E-state index in [0.717, 1.165) is 0 Å². The van der Waals surface area contributed by atoms with Crippen LogP contribution in [0, 0.1) is 0 Å². The third kappa shape index (κ3) is 3.66. The van der Waals surface area contributed by atoms with E-state index in [2.05, 4.69) is 10.4 Å². The van der Waals surface area contributed by atoms with E-state index in [1.54, 1.807) is 13.1 Å². The summed E-state index contributed by atoms with van der Waals surface area (Å²) in [5.41, 5.74) is -0.154. The number of nitrogens with one attached hydrogen (secondary N) is 2. The molecule has 0 atom stereocenters. The van der Waals surface area contributed by atoms with Crippen molar-refractivity contribution in [2.45, 2.75) is 13.8 Å². The molecule has 0 saturated carbocycles. The van der Waals surface area contributed by atoms with Crippen molar-refractivity contribution in [1.82, 2.24) is 15.1 Å². The van der Waals surface area contributed by atoms with Gasteiger partial charge in [-0.2, -0.15) is 5.10 Å². The first-order valence-corrected chi connectivity index (χ1v) is 5.34. The summed E-state index contributed by atoms with van der Waals surface area (Å²) < 4.78 is 1.41. The van der Waals surface area contributed by atoms with Gasteiger partial charge in [0.25, 0.3) is 5.91 Å². The summed E-state index contributed by atoms with van der Waals surface area (Å²) in [6.07, 6.45) is 1.48. The molecule has 1 aromatic heterocycles. The summed E-state index contributed by atoms with van der Waals surface area (Å²) in [7, 11) is 1.62. The van der Waals surface area contributed by atoms with Gasteiger partial charge in [-0.1, -0.05) is 0 Å². The Labute approximate surface area is 109 Å². The Kier molecular flexibility index (Phi) is 4.41. The van der Waals surface area contributed by atoms with Crippen LogP contribution < -0.4 is 10.6 Å². The molecule has 19 heavy (non-hydrogen) atoms. The molecule has 0 saturated heterocycles. The van der Waals surface area contributed by atoms with Crippen molar-refractivity contribution in [3.05, 3.63) is 23.4 Å². The van der Waals surface area contributed by atoms with E-state index in [9.17, 15) is 14.4 Å². The smallest absolute Gasteiger partial charge is 0.331 e. The molecule has 0 aliphatic carbocycles. The number of rotatable bonds is 3. The first-order valence-electron chi connectivity index (χ1n) is 5.34. The maximum atomic E-state index is 11.6. The number of imide groups is 1. The maximum Gasteiger partial charge on any atom is 0.331 e. The summed E-state index contributed by atoms with van der Waals surface area (Å²) >= 11 is 0. The number of aryl methyl sites for hydroxylation is 1. The van der Waals surface area contributed by atoms with Gasteiger partial charge in [0.1, 0.15) is 5.82 Å². The van der Waals surface area contributed by atoms with Crippen LogP contribution in [0.4, 0.5) is 10.6 Å². The molecule has 1 aromatic rings. The molecular weight excluding hydrogens is 252 g/mol. The van der Waals surface area contributed by atoms with E-state index in [0.29, 0.717) is 5.82 Å². The third-order valence-corrected chi connectivity index (χ3v) is 2.51. The van der Waals surface area contributed by atoms with Crippen LogP contribution in [0.2, 0.25) is 0 Å². The number of carbonyl (C=O) groups excluding carboxylic acids is 2. The lowest BCUT2D eigenvalue weighted by Crippen LogP contribution is -2.35. The standard InChI is InChI=1S/C11H14N4O4/c1-6(7(2)10(17)18)9(16)14-11(19)13-8-4-5-12-15(8)3/h4-5H,1-3H3,(H,17,18)(H2,13,14,16,19). The number of amides is 3. The largest absolute Gasteiger partial charge is 0.478 e. The third-order valence-electron chi connectivity index (χ3n) is 2.51. The molecule has 1 heterocycles. The minimum absolute atomic E-state index is 0.0346. The number of carboxylic acid groups (broad SMARTS) is 1. The Hall–Kier alpha value is -2.64. The number of anilines is 1. The number of aliphatic carboxylic acids is 1.